The summed E-state index contributed by atoms with van der Waals surface area (Å²) in [5, 5.41) is 9.59. The van der Waals surface area contributed by atoms with Crippen LogP contribution in [0.2, 0.25) is 0 Å². The van der Waals surface area contributed by atoms with E-state index in [1.54, 1.807) is 4.90 Å². The van der Waals surface area contributed by atoms with Gasteiger partial charge in [-0.2, -0.15) is 4.39 Å². The van der Waals surface area contributed by atoms with E-state index in [4.69, 9.17) is 4.74 Å². The highest BCUT2D eigenvalue weighted by Crippen LogP contribution is 2.19. The summed E-state index contributed by atoms with van der Waals surface area (Å²) in [7, 11) is 1.54. The van der Waals surface area contributed by atoms with E-state index in [2.05, 4.69) is 9.97 Å². The molecule has 1 aromatic rings. The van der Waals surface area contributed by atoms with Gasteiger partial charge in [-0.3, -0.25) is 0 Å². The maximum Gasteiger partial charge on any atom is 0.218 e. The number of rotatable bonds is 2. The van der Waals surface area contributed by atoms with Gasteiger partial charge in [0.1, 0.15) is 18.2 Å². The third-order valence-corrected chi connectivity index (χ3v) is 2.48. The quantitative estimate of drug-likeness (QED) is 0.690. The Hall–Kier alpha value is -1.27. The summed E-state index contributed by atoms with van der Waals surface area (Å²) in [6.45, 7) is 0.906. The minimum atomic E-state index is -0.574. The van der Waals surface area contributed by atoms with Gasteiger partial charge < -0.3 is 14.7 Å². The van der Waals surface area contributed by atoms with Gasteiger partial charge in [0, 0.05) is 26.3 Å². The molecule has 1 aliphatic rings. The summed E-state index contributed by atoms with van der Waals surface area (Å²) in [5.74, 6) is -0.101. The highest BCUT2D eigenvalue weighted by atomic mass is 19.1. The number of methoxy groups -OCH3 is 1. The third-order valence-electron chi connectivity index (χ3n) is 2.48. The van der Waals surface area contributed by atoms with Crippen molar-refractivity contribution in [2.75, 3.05) is 25.1 Å². The van der Waals surface area contributed by atoms with E-state index in [0.29, 0.717) is 18.9 Å². The molecule has 1 fully saturated rings. The van der Waals surface area contributed by atoms with Gasteiger partial charge in [-0.1, -0.05) is 0 Å². The summed E-state index contributed by atoms with van der Waals surface area (Å²) < 4.78 is 17.9. The van der Waals surface area contributed by atoms with Crippen LogP contribution in [-0.2, 0) is 4.74 Å². The lowest BCUT2D eigenvalue weighted by Gasteiger charge is -2.15. The molecule has 1 saturated heterocycles. The first-order valence-electron chi connectivity index (χ1n) is 4.64. The molecular formula is C9H12FN3O2. The van der Waals surface area contributed by atoms with Crippen molar-refractivity contribution >= 4 is 5.82 Å². The molecule has 0 bridgehead atoms. The van der Waals surface area contributed by atoms with Crippen molar-refractivity contribution in [1.82, 2.24) is 9.97 Å². The SMILES string of the molecule is CO[C@@H]1CN(c2cc(F)ncn2)C[C@H]1O. The number of nitrogens with zero attached hydrogens (tertiary/aromatic N) is 3. The molecule has 0 spiro atoms. The van der Waals surface area contributed by atoms with E-state index in [1.165, 1.54) is 13.2 Å². The molecule has 0 radical (unpaired) electrons. The van der Waals surface area contributed by atoms with Gasteiger partial charge in [-0.25, -0.2) is 9.97 Å². The van der Waals surface area contributed by atoms with Gasteiger partial charge in [0.2, 0.25) is 5.95 Å². The number of hydrogen-bond acceptors (Lipinski definition) is 5. The second-order valence-electron chi connectivity index (χ2n) is 3.45. The minimum absolute atomic E-state index is 0.247. The number of aliphatic hydroxyl groups excluding tert-OH is 1. The van der Waals surface area contributed by atoms with Crippen LogP contribution in [0.3, 0.4) is 0 Å². The van der Waals surface area contributed by atoms with Crippen molar-refractivity contribution in [2.45, 2.75) is 12.2 Å². The monoisotopic (exact) mass is 213 g/mol. The molecule has 1 aliphatic heterocycles. The maximum absolute atomic E-state index is 12.8. The van der Waals surface area contributed by atoms with E-state index in [-0.39, 0.29) is 6.10 Å². The molecule has 2 heterocycles. The second kappa shape index (κ2) is 4.08. The lowest BCUT2D eigenvalue weighted by atomic mass is 10.3. The van der Waals surface area contributed by atoms with Crippen LogP contribution in [0.15, 0.2) is 12.4 Å². The molecule has 0 saturated carbocycles. The van der Waals surface area contributed by atoms with Crippen molar-refractivity contribution in [3.05, 3.63) is 18.3 Å². The van der Waals surface area contributed by atoms with Crippen molar-refractivity contribution in [1.29, 1.82) is 0 Å². The number of halogens is 1. The van der Waals surface area contributed by atoms with Crippen LogP contribution >= 0.6 is 0 Å². The number of anilines is 1. The number of aromatic nitrogens is 2. The second-order valence-corrected chi connectivity index (χ2v) is 3.45. The Morgan fingerprint density at radius 2 is 2.33 bits per heavy atom. The van der Waals surface area contributed by atoms with Crippen LogP contribution in [-0.4, -0.2) is 47.5 Å². The van der Waals surface area contributed by atoms with E-state index in [1.807, 2.05) is 0 Å². The average Bonchev–Trinajstić information content (AvgIpc) is 2.60. The van der Waals surface area contributed by atoms with Gasteiger partial charge in [0.15, 0.2) is 0 Å². The standard InChI is InChI=1S/C9H12FN3O2/c1-15-7-4-13(3-6(7)14)9-2-8(10)11-5-12-9/h2,5-7,14H,3-4H2,1H3/t6-,7-/m1/s1. The topological polar surface area (TPSA) is 58.5 Å². The lowest BCUT2D eigenvalue weighted by Crippen LogP contribution is -2.25. The average molecular weight is 213 g/mol. The van der Waals surface area contributed by atoms with Gasteiger partial charge in [-0.05, 0) is 0 Å². The Morgan fingerprint density at radius 1 is 1.53 bits per heavy atom. The van der Waals surface area contributed by atoms with Crippen LogP contribution in [0, 0.1) is 5.95 Å². The van der Waals surface area contributed by atoms with E-state index in [0.717, 1.165) is 6.33 Å². The minimum Gasteiger partial charge on any atom is -0.388 e. The molecule has 5 nitrogen and oxygen atoms in total. The summed E-state index contributed by atoms with van der Waals surface area (Å²) >= 11 is 0. The highest BCUT2D eigenvalue weighted by Gasteiger charge is 2.32. The molecule has 0 amide bonds. The molecule has 2 atom stereocenters. The normalized spacial score (nSPS) is 25.9. The smallest absolute Gasteiger partial charge is 0.218 e. The summed E-state index contributed by atoms with van der Waals surface area (Å²) in [6, 6.07) is 1.24. The number of ether oxygens (including phenoxy) is 1. The highest BCUT2D eigenvalue weighted by molar-refractivity contribution is 5.39. The predicted molar refractivity (Wildman–Crippen MR) is 51.0 cm³/mol. The van der Waals surface area contributed by atoms with Crippen LogP contribution in [0.4, 0.5) is 10.2 Å². The molecule has 0 aliphatic carbocycles. The Labute approximate surface area is 86.5 Å². The Kier molecular flexibility index (Phi) is 2.79. The van der Waals surface area contributed by atoms with E-state index >= 15 is 0 Å². The van der Waals surface area contributed by atoms with Gasteiger partial charge >= 0.3 is 0 Å². The molecular weight excluding hydrogens is 201 g/mol. The molecule has 15 heavy (non-hydrogen) atoms. The fraction of sp³-hybridized carbons (Fsp3) is 0.556. The first-order valence-corrected chi connectivity index (χ1v) is 4.64. The van der Waals surface area contributed by atoms with Gasteiger partial charge in [0.05, 0.1) is 6.10 Å². The molecule has 0 aromatic carbocycles. The first kappa shape index (κ1) is 10.3. The van der Waals surface area contributed by atoms with E-state index < -0.39 is 12.1 Å². The number of aliphatic hydroxyl groups is 1. The van der Waals surface area contributed by atoms with Crippen LogP contribution in [0.5, 0.6) is 0 Å². The van der Waals surface area contributed by atoms with E-state index in [9.17, 15) is 9.50 Å². The fourth-order valence-corrected chi connectivity index (χ4v) is 1.67. The fourth-order valence-electron chi connectivity index (χ4n) is 1.67. The molecule has 2 rings (SSSR count). The zero-order valence-corrected chi connectivity index (χ0v) is 8.30. The Morgan fingerprint density at radius 3 is 2.93 bits per heavy atom. The molecule has 0 unspecified atom stereocenters. The molecule has 1 N–H and O–H groups in total. The Bertz CT molecular complexity index is 350. The third kappa shape index (κ3) is 2.05. The van der Waals surface area contributed by atoms with Crippen molar-refractivity contribution in [2.24, 2.45) is 0 Å². The van der Waals surface area contributed by atoms with Crippen molar-refractivity contribution in [3.8, 4) is 0 Å². The summed E-state index contributed by atoms with van der Waals surface area (Å²) in [6.07, 6.45) is 0.355. The zero-order chi connectivity index (χ0) is 10.8. The van der Waals surface area contributed by atoms with Crippen LogP contribution in [0.25, 0.3) is 0 Å². The number of hydrogen-bond donors (Lipinski definition) is 1. The number of β-amino-alcohol motifs (C(OH)–C–C–N with tert-alkyl or cyclic N) is 1. The Balaban J connectivity index is 2.13. The first-order chi connectivity index (χ1) is 7.20. The van der Waals surface area contributed by atoms with Gasteiger partial charge in [-0.15, -0.1) is 0 Å². The van der Waals surface area contributed by atoms with Crippen molar-refractivity contribution in [3.63, 3.8) is 0 Å². The summed E-state index contributed by atoms with van der Waals surface area (Å²) in [5.41, 5.74) is 0. The summed E-state index contributed by atoms with van der Waals surface area (Å²) in [4.78, 5) is 9.07. The van der Waals surface area contributed by atoms with Crippen LogP contribution in [0.1, 0.15) is 0 Å². The van der Waals surface area contributed by atoms with Crippen LogP contribution < -0.4 is 4.90 Å². The lowest BCUT2D eigenvalue weighted by molar-refractivity contribution is 0.0217. The van der Waals surface area contributed by atoms with Crippen molar-refractivity contribution < 1.29 is 14.2 Å². The molecule has 82 valence electrons. The largest absolute Gasteiger partial charge is 0.388 e. The predicted octanol–water partition coefficient (Wildman–Crippen LogP) is -0.188. The van der Waals surface area contributed by atoms with Gasteiger partial charge in [0.25, 0.3) is 0 Å². The zero-order valence-electron chi connectivity index (χ0n) is 8.30. The maximum atomic E-state index is 12.8. The molecule has 6 heteroatoms. The molecule has 1 aromatic heterocycles.